The third-order valence-electron chi connectivity index (χ3n) is 9.29. The van der Waals surface area contributed by atoms with Gasteiger partial charge >= 0.3 is 0 Å². The van der Waals surface area contributed by atoms with E-state index in [1.165, 1.54) is 32.3 Å². The topological polar surface area (TPSA) is 35.6 Å². The lowest BCUT2D eigenvalue weighted by atomic mass is 10.0. The van der Waals surface area contributed by atoms with Crippen LogP contribution >= 0.6 is 0 Å². The van der Waals surface area contributed by atoms with Crippen molar-refractivity contribution in [1.29, 1.82) is 0 Å². The number of benzene rings is 7. The molecule has 3 aromatic heterocycles. The molecule has 10 rings (SSSR count). The van der Waals surface area contributed by atoms with Crippen molar-refractivity contribution in [3.63, 3.8) is 0 Å². The highest BCUT2D eigenvalue weighted by Gasteiger charge is 2.25. The van der Waals surface area contributed by atoms with Crippen LogP contribution in [0, 0.1) is 0 Å². The molecule has 0 unspecified atom stereocenters. The number of para-hydroxylation sites is 2. The van der Waals surface area contributed by atoms with Crippen molar-refractivity contribution in [1.82, 2.24) is 19.1 Å². The smallest absolute Gasteiger partial charge is 0.166 e. The summed E-state index contributed by atoms with van der Waals surface area (Å²) in [7, 11) is 0. The van der Waals surface area contributed by atoms with Crippen molar-refractivity contribution >= 4 is 65.3 Å². The van der Waals surface area contributed by atoms with Crippen LogP contribution < -0.4 is 0 Å². The van der Waals surface area contributed by atoms with E-state index < -0.39 is 0 Å². The lowest BCUT2D eigenvalue weighted by Gasteiger charge is -2.15. The maximum atomic E-state index is 5.49. The molecule has 0 fully saturated rings. The second-order valence-electron chi connectivity index (χ2n) is 11.8. The van der Waals surface area contributed by atoms with Crippen LogP contribution in [0.25, 0.3) is 88.2 Å². The van der Waals surface area contributed by atoms with Gasteiger partial charge in [-0.1, -0.05) is 127 Å². The molecule has 0 radical (unpaired) electrons. The monoisotopic (exact) mass is 586 g/mol. The number of hydrogen-bond acceptors (Lipinski definition) is 2. The SMILES string of the molecule is c1ccc(-c2nc(-n3c4ccccc4c4c5ccccc5ccc43)c3c(n2)c2ccc4ccccc4c2n3-c2ccccc2)cc1. The second-order valence-corrected chi connectivity index (χ2v) is 11.8. The quantitative estimate of drug-likeness (QED) is 0.206. The molecular formula is C42H26N4. The molecule has 0 spiro atoms. The zero-order valence-electron chi connectivity index (χ0n) is 24.8. The maximum Gasteiger partial charge on any atom is 0.166 e. The van der Waals surface area contributed by atoms with Crippen molar-refractivity contribution in [2.24, 2.45) is 0 Å². The van der Waals surface area contributed by atoms with Crippen LogP contribution in [0.5, 0.6) is 0 Å². The van der Waals surface area contributed by atoms with Crippen LogP contribution in [0.4, 0.5) is 0 Å². The van der Waals surface area contributed by atoms with Crippen LogP contribution in [0.1, 0.15) is 0 Å². The summed E-state index contributed by atoms with van der Waals surface area (Å²) in [6, 6.07) is 55.8. The Morgan fingerprint density at radius 3 is 1.83 bits per heavy atom. The van der Waals surface area contributed by atoms with Crippen molar-refractivity contribution < 1.29 is 0 Å². The molecule has 0 saturated heterocycles. The molecule has 4 heteroatoms. The van der Waals surface area contributed by atoms with Crippen LogP contribution in [-0.2, 0) is 0 Å². The van der Waals surface area contributed by atoms with Crippen molar-refractivity contribution in [3.05, 3.63) is 158 Å². The summed E-state index contributed by atoms with van der Waals surface area (Å²) < 4.78 is 4.73. The van der Waals surface area contributed by atoms with Gasteiger partial charge in [0, 0.05) is 32.8 Å². The van der Waals surface area contributed by atoms with Gasteiger partial charge in [-0.15, -0.1) is 0 Å². The summed E-state index contributed by atoms with van der Waals surface area (Å²) >= 11 is 0. The van der Waals surface area contributed by atoms with Gasteiger partial charge in [-0.05, 0) is 46.5 Å². The van der Waals surface area contributed by atoms with Crippen molar-refractivity contribution in [2.75, 3.05) is 0 Å². The minimum Gasteiger partial charge on any atom is -0.304 e. The lowest BCUT2D eigenvalue weighted by Crippen LogP contribution is -2.05. The number of hydrogen-bond donors (Lipinski definition) is 0. The van der Waals surface area contributed by atoms with Gasteiger partial charge in [0.1, 0.15) is 11.0 Å². The summed E-state index contributed by atoms with van der Waals surface area (Å²) in [5, 5.41) is 8.37. The van der Waals surface area contributed by atoms with Gasteiger partial charge in [0.25, 0.3) is 0 Å². The molecular weight excluding hydrogens is 560 g/mol. The Morgan fingerprint density at radius 1 is 0.391 bits per heavy atom. The zero-order valence-corrected chi connectivity index (χ0v) is 24.8. The zero-order chi connectivity index (χ0) is 30.2. The standard InChI is InChI=1S/C42H26N4/c1-3-15-29(16-4-1)41-43-38-34-25-23-28-14-8-10-20-32(28)39(34)45(30-17-5-2-6-18-30)40(38)42(44-41)46-35-22-12-11-21-33(35)37-31-19-9-7-13-27(31)24-26-36(37)46/h1-26H. The molecule has 0 aliphatic carbocycles. The summed E-state index contributed by atoms with van der Waals surface area (Å²) in [6.07, 6.45) is 0. The average molecular weight is 587 g/mol. The predicted octanol–water partition coefficient (Wildman–Crippen LogP) is 10.6. The first-order chi connectivity index (χ1) is 22.8. The summed E-state index contributed by atoms with van der Waals surface area (Å²) in [5.41, 5.74) is 7.33. The molecule has 0 aliphatic heterocycles. The second kappa shape index (κ2) is 9.62. The van der Waals surface area contributed by atoms with E-state index in [1.54, 1.807) is 0 Å². The number of aromatic nitrogens is 4. The van der Waals surface area contributed by atoms with E-state index in [1.807, 2.05) is 6.07 Å². The van der Waals surface area contributed by atoms with Gasteiger partial charge in [-0.25, -0.2) is 9.97 Å². The third kappa shape index (κ3) is 3.49. The van der Waals surface area contributed by atoms with Gasteiger partial charge in [0.2, 0.25) is 0 Å². The van der Waals surface area contributed by atoms with Crippen molar-refractivity contribution in [2.45, 2.75) is 0 Å². The molecule has 214 valence electrons. The number of fused-ring (bicyclic) bond motifs is 10. The van der Waals surface area contributed by atoms with E-state index in [-0.39, 0.29) is 0 Å². The fourth-order valence-electron chi connectivity index (χ4n) is 7.31. The highest BCUT2D eigenvalue weighted by Crippen LogP contribution is 2.42. The molecule has 0 N–H and O–H groups in total. The first-order valence-electron chi connectivity index (χ1n) is 15.6. The summed E-state index contributed by atoms with van der Waals surface area (Å²) in [6.45, 7) is 0. The van der Waals surface area contributed by atoms with Gasteiger partial charge in [0.05, 0.1) is 16.6 Å². The molecule has 4 nitrogen and oxygen atoms in total. The Balaban J connectivity index is 1.48. The fourth-order valence-corrected chi connectivity index (χ4v) is 7.31. The maximum absolute atomic E-state index is 5.49. The van der Waals surface area contributed by atoms with Gasteiger partial charge in [-0.3, -0.25) is 4.57 Å². The Bertz CT molecular complexity index is 2790. The normalized spacial score (nSPS) is 11.9. The van der Waals surface area contributed by atoms with E-state index in [2.05, 4.69) is 161 Å². The summed E-state index contributed by atoms with van der Waals surface area (Å²) in [5.74, 6) is 1.56. The molecule has 10 aromatic rings. The average Bonchev–Trinajstić information content (AvgIpc) is 3.66. The van der Waals surface area contributed by atoms with E-state index in [4.69, 9.17) is 9.97 Å². The Labute approximate surface area is 264 Å². The molecule has 46 heavy (non-hydrogen) atoms. The van der Waals surface area contributed by atoms with E-state index in [9.17, 15) is 0 Å². The minimum atomic E-state index is 0.704. The number of rotatable bonds is 3. The van der Waals surface area contributed by atoms with Crippen molar-refractivity contribution in [3.8, 4) is 22.9 Å². The first-order valence-corrected chi connectivity index (χ1v) is 15.6. The minimum absolute atomic E-state index is 0.704. The fraction of sp³-hybridized carbons (Fsp3) is 0. The third-order valence-corrected chi connectivity index (χ3v) is 9.29. The highest BCUT2D eigenvalue weighted by atomic mass is 15.1. The number of nitrogens with zero attached hydrogens (tertiary/aromatic N) is 4. The molecule has 0 aliphatic rings. The molecule has 7 aromatic carbocycles. The Hall–Kier alpha value is -6.26. The van der Waals surface area contributed by atoms with E-state index >= 15 is 0 Å². The first kappa shape index (κ1) is 25.1. The van der Waals surface area contributed by atoms with E-state index in [0.717, 1.165) is 50.0 Å². The lowest BCUT2D eigenvalue weighted by molar-refractivity contribution is 1.05. The molecule has 3 heterocycles. The van der Waals surface area contributed by atoms with E-state index in [0.29, 0.717) is 5.82 Å². The van der Waals surface area contributed by atoms with Crippen LogP contribution in [0.3, 0.4) is 0 Å². The Kier molecular flexibility index (Phi) is 5.25. The van der Waals surface area contributed by atoms with Crippen LogP contribution in [0.2, 0.25) is 0 Å². The summed E-state index contributed by atoms with van der Waals surface area (Å²) in [4.78, 5) is 10.8. The molecule has 0 bridgehead atoms. The predicted molar refractivity (Wildman–Crippen MR) is 191 cm³/mol. The molecule has 0 saturated carbocycles. The van der Waals surface area contributed by atoms with Crippen LogP contribution in [-0.4, -0.2) is 19.1 Å². The molecule has 0 amide bonds. The van der Waals surface area contributed by atoms with Gasteiger partial charge in [0.15, 0.2) is 11.6 Å². The largest absolute Gasteiger partial charge is 0.304 e. The van der Waals surface area contributed by atoms with Gasteiger partial charge in [-0.2, -0.15) is 0 Å². The molecule has 0 atom stereocenters. The van der Waals surface area contributed by atoms with Gasteiger partial charge < -0.3 is 4.57 Å². The Morgan fingerprint density at radius 2 is 1.02 bits per heavy atom. The van der Waals surface area contributed by atoms with Crippen LogP contribution in [0.15, 0.2) is 158 Å². The highest BCUT2D eigenvalue weighted by molar-refractivity contribution is 6.23.